The second-order valence-corrected chi connectivity index (χ2v) is 7.07. The van der Waals surface area contributed by atoms with Gasteiger partial charge in [0, 0.05) is 30.0 Å². The Kier molecular flexibility index (Phi) is 4.53. The van der Waals surface area contributed by atoms with Crippen LogP contribution in [0.2, 0.25) is 5.02 Å². The highest BCUT2D eigenvalue weighted by Crippen LogP contribution is 2.30. The maximum absolute atomic E-state index is 12.9. The van der Waals surface area contributed by atoms with Crippen molar-refractivity contribution in [2.24, 2.45) is 0 Å². The number of halogens is 1. The summed E-state index contributed by atoms with van der Waals surface area (Å²) in [4.78, 5) is 43.4. The smallest absolute Gasteiger partial charge is 0.256 e. The third-order valence-corrected chi connectivity index (χ3v) is 5.13. The first-order valence-electron chi connectivity index (χ1n) is 8.65. The molecular weight excluding hydrogens is 368 g/mol. The zero-order valence-electron chi connectivity index (χ0n) is 14.3. The maximum atomic E-state index is 12.9. The molecule has 1 fully saturated rings. The third kappa shape index (κ3) is 3.38. The lowest BCUT2D eigenvalue weighted by atomic mass is 9.96. The van der Waals surface area contributed by atoms with E-state index in [0.717, 1.165) is 0 Å². The molecule has 1 saturated heterocycles. The first-order chi connectivity index (χ1) is 13.0. The van der Waals surface area contributed by atoms with Crippen LogP contribution >= 0.6 is 11.6 Å². The number of pyridine rings is 1. The molecule has 7 nitrogen and oxygen atoms in total. The second kappa shape index (κ2) is 7.00. The molecule has 8 heteroatoms. The summed E-state index contributed by atoms with van der Waals surface area (Å²) in [5.74, 6) is -0.719. The van der Waals surface area contributed by atoms with E-state index < -0.39 is 6.04 Å². The van der Waals surface area contributed by atoms with Crippen LogP contribution in [0, 0.1) is 0 Å². The number of amides is 3. The number of nitrogens with zero attached hydrogens (tertiary/aromatic N) is 2. The number of piperidine rings is 1. The van der Waals surface area contributed by atoms with Gasteiger partial charge in [0.05, 0.1) is 16.8 Å². The van der Waals surface area contributed by atoms with Crippen LogP contribution in [-0.4, -0.2) is 46.2 Å². The van der Waals surface area contributed by atoms with Gasteiger partial charge in [-0.25, -0.2) is 0 Å². The van der Waals surface area contributed by atoms with Gasteiger partial charge in [-0.2, -0.15) is 0 Å². The molecule has 138 valence electrons. The zero-order valence-corrected chi connectivity index (χ0v) is 15.1. The monoisotopic (exact) mass is 384 g/mol. The highest BCUT2D eigenvalue weighted by molar-refractivity contribution is 6.31. The number of anilines is 1. The molecular formula is C19H17ClN4O3. The summed E-state index contributed by atoms with van der Waals surface area (Å²) in [5.41, 5.74) is 1.30. The van der Waals surface area contributed by atoms with Crippen LogP contribution in [-0.2, 0) is 4.79 Å². The minimum Gasteiger partial charge on any atom is -0.349 e. The van der Waals surface area contributed by atoms with E-state index in [1.165, 1.54) is 6.20 Å². The van der Waals surface area contributed by atoms with Gasteiger partial charge in [-0.3, -0.25) is 19.4 Å². The maximum Gasteiger partial charge on any atom is 0.256 e. The molecule has 1 aromatic carbocycles. The average molecular weight is 385 g/mol. The van der Waals surface area contributed by atoms with E-state index in [2.05, 4.69) is 15.6 Å². The minimum atomic E-state index is -0.642. The van der Waals surface area contributed by atoms with E-state index >= 15 is 0 Å². The van der Waals surface area contributed by atoms with Gasteiger partial charge in [0.2, 0.25) is 5.91 Å². The van der Waals surface area contributed by atoms with Gasteiger partial charge < -0.3 is 15.5 Å². The van der Waals surface area contributed by atoms with Gasteiger partial charge in [0.25, 0.3) is 11.8 Å². The normalized spacial score (nSPS) is 21.6. The van der Waals surface area contributed by atoms with E-state index in [1.807, 2.05) is 0 Å². The molecule has 0 radical (unpaired) electrons. The fourth-order valence-corrected chi connectivity index (χ4v) is 3.70. The van der Waals surface area contributed by atoms with Crippen LogP contribution in [0.4, 0.5) is 5.69 Å². The molecule has 3 amide bonds. The predicted octanol–water partition coefficient (Wildman–Crippen LogP) is 2.09. The van der Waals surface area contributed by atoms with Gasteiger partial charge >= 0.3 is 0 Å². The van der Waals surface area contributed by atoms with Crippen molar-refractivity contribution < 1.29 is 14.4 Å². The number of hydrogen-bond acceptors (Lipinski definition) is 4. The Morgan fingerprint density at radius 1 is 1.30 bits per heavy atom. The van der Waals surface area contributed by atoms with E-state index in [9.17, 15) is 14.4 Å². The summed E-state index contributed by atoms with van der Waals surface area (Å²) < 4.78 is 0. The van der Waals surface area contributed by atoms with E-state index in [4.69, 9.17) is 11.6 Å². The Morgan fingerprint density at radius 3 is 2.93 bits per heavy atom. The van der Waals surface area contributed by atoms with Gasteiger partial charge in [-0.15, -0.1) is 0 Å². The van der Waals surface area contributed by atoms with Gasteiger partial charge in [0.1, 0.15) is 6.04 Å². The van der Waals surface area contributed by atoms with Crippen LogP contribution in [0.1, 0.15) is 33.6 Å². The molecule has 2 aromatic rings. The number of carbonyl (C=O) groups excluding carboxylic acids is 3. The summed E-state index contributed by atoms with van der Waals surface area (Å²) >= 11 is 5.99. The molecule has 4 rings (SSSR count). The summed E-state index contributed by atoms with van der Waals surface area (Å²) in [5, 5.41) is 6.17. The van der Waals surface area contributed by atoms with Crippen molar-refractivity contribution in [2.75, 3.05) is 11.9 Å². The van der Waals surface area contributed by atoms with Crippen molar-refractivity contribution in [3.05, 3.63) is 58.9 Å². The van der Waals surface area contributed by atoms with Gasteiger partial charge in [-0.05, 0) is 43.2 Å². The standard InChI is InChI=1S/C19H17ClN4O3/c20-12-3-4-14-15(8-12)23-18(26)16-9-13(5-7-24(16)19(14)27)22-17(25)11-2-1-6-21-10-11/h1-4,6,8,10,13,16H,5,7,9H2,(H,22,25)(H,23,26)/t13-,16+/m1/s1. The number of benzene rings is 1. The lowest BCUT2D eigenvalue weighted by Gasteiger charge is -2.37. The van der Waals surface area contributed by atoms with Crippen molar-refractivity contribution in [2.45, 2.75) is 24.9 Å². The summed E-state index contributed by atoms with van der Waals surface area (Å²) in [6, 6.07) is 7.35. The molecule has 1 aromatic heterocycles. The molecule has 2 atom stereocenters. The molecule has 0 unspecified atom stereocenters. The van der Waals surface area contributed by atoms with Crippen LogP contribution < -0.4 is 10.6 Å². The van der Waals surface area contributed by atoms with E-state index in [0.29, 0.717) is 41.2 Å². The lowest BCUT2D eigenvalue weighted by molar-refractivity contribution is -0.121. The van der Waals surface area contributed by atoms with Crippen LogP contribution in [0.3, 0.4) is 0 Å². The minimum absolute atomic E-state index is 0.206. The van der Waals surface area contributed by atoms with Crippen molar-refractivity contribution in [3.8, 4) is 0 Å². The van der Waals surface area contributed by atoms with Crippen molar-refractivity contribution in [3.63, 3.8) is 0 Å². The number of aromatic nitrogens is 1. The first-order valence-corrected chi connectivity index (χ1v) is 9.03. The predicted molar refractivity (Wildman–Crippen MR) is 99.6 cm³/mol. The quantitative estimate of drug-likeness (QED) is 0.829. The average Bonchev–Trinajstić information content (AvgIpc) is 2.77. The van der Waals surface area contributed by atoms with Crippen molar-refractivity contribution in [1.29, 1.82) is 0 Å². The number of nitrogens with one attached hydrogen (secondary N) is 2. The number of carbonyl (C=O) groups is 3. The third-order valence-electron chi connectivity index (χ3n) is 4.89. The number of hydrogen-bond donors (Lipinski definition) is 2. The molecule has 0 saturated carbocycles. The fraction of sp³-hybridized carbons (Fsp3) is 0.263. The van der Waals surface area contributed by atoms with Crippen LogP contribution in [0.25, 0.3) is 0 Å². The first kappa shape index (κ1) is 17.5. The van der Waals surface area contributed by atoms with Gasteiger partial charge in [0.15, 0.2) is 0 Å². The second-order valence-electron chi connectivity index (χ2n) is 6.63. The molecule has 0 bridgehead atoms. The summed E-state index contributed by atoms with van der Waals surface area (Å²) in [6.07, 6.45) is 4.02. The zero-order chi connectivity index (χ0) is 19.0. The topological polar surface area (TPSA) is 91.4 Å². The Morgan fingerprint density at radius 2 is 2.15 bits per heavy atom. The Labute approximate surface area is 160 Å². The molecule has 2 aliphatic heterocycles. The van der Waals surface area contributed by atoms with Crippen LogP contribution in [0.15, 0.2) is 42.7 Å². The highest BCUT2D eigenvalue weighted by atomic mass is 35.5. The number of rotatable bonds is 2. The Hall–Kier alpha value is -2.93. The Bertz CT molecular complexity index is 918. The van der Waals surface area contributed by atoms with E-state index in [1.54, 1.807) is 41.4 Å². The van der Waals surface area contributed by atoms with Crippen molar-refractivity contribution >= 4 is 35.0 Å². The largest absolute Gasteiger partial charge is 0.349 e. The molecule has 27 heavy (non-hydrogen) atoms. The lowest BCUT2D eigenvalue weighted by Crippen LogP contribution is -2.55. The molecule has 2 aliphatic rings. The summed E-state index contributed by atoms with van der Waals surface area (Å²) in [6.45, 7) is 0.386. The molecule has 2 N–H and O–H groups in total. The molecule has 0 spiro atoms. The molecule has 0 aliphatic carbocycles. The Balaban J connectivity index is 1.52. The van der Waals surface area contributed by atoms with Crippen LogP contribution in [0.5, 0.6) is 0 Å². The van der Waals surface area contributed by atoms with E-state index in [-0.39, 0.29) is 23.8 Å². The van der Waals surface area contributed by atoms with Gasteiger partial charge in [-0.1, -0.05) is 11.6 Å². The highest BCUT2D eigenvalue weighted by Gasteiger charge is 2.40. The summed E-state index contributed by atoms with van der Waals surface area (Å²) in [7, 11) is 0. The van der Waals surface area contributed by atoms with Crippen molar-refractivity contribution in [1.82, 2.24) is 15.2 Å². The molecule has 3 heterocycles. The fourth-order valence-electron chi connectivity index (χ4n) is 3.53. The SMILES string of the molecule is O=C(N[C@@H]1CCN2C(=O)c3ccc(Cl)cc3NC(=O)[C@@H]2C1)c1cccnc1. The number of fused-ring (bicyclic) bond motifs is 2.